The van der Waals surface area contributed by atoms with E-state index in [0.29, 0.717) is 9.52 Å². The molecule has 70 valence electrons. The van der Waals surface area contributed by atoms with Crippen molar-refractivity contribution in [2.75, 3.05) is 0 Å². The van der Waals surface area contributed by atoms with Crippen LogP contribution in [0.5, 0.6) is 0 Å². The van der Waals surface area contributed by atoms with E-state index in [0.717, 1.165) is 0 Å². The van der Waals surface area contributed by atoms with Gasteiger partial charge in [0.25, 0.3) is 0 Å². The summed E-state index contributed by atoms with van der Waals surface area (Å²) < 4.78 is 0. The maximum Gasteiger partial charge on any atom is 4.00 e. The molecule has 2 aromatic carbocycles. The molecule has 0 nitrogen and oxygen atoms in total. The molecule has 0 heterocycles. The zero-order chi connectivity index (χ0) is 9.68. The summed E-state index contributed by atoms with van der Waals surface area (Å²) >= 11 is 0. The van der Waals surface area contributed by atoms with Gasteiger partial charge in [0.1, 0.15) is 0 Å². The summed E-state index contributed by atoms with van der Waals surface area (Å²) in [5.74, 6) is 0. The summed E-state index contributed by atoms with van der Waals surface area (Å²) in [7, 11) is 0.417. The van der Waals surface area contributed by atoms with Crippen LogP contribution in [0.1, 0.15) is 5.56 Å². The van der Waals surface area contributed by atoms with Gasteiger partial charge >= 0.3 is 21.7 Å². The molecule has 0 aromatic heterocycles. The van der Waals surface area contributed by atoms with Crippen LogP contribution in [-0.2, 0) is 21.7 Å². The molecular weight excluding hydrogens is 220 g/mol. The quantitative estimate of drug-likeness (QED) is 0.488. The Balaban J connectivity index is 0.000000381. The molecule has 0 saturated heterocycles. The number of fused-ring (bicyclic) bond motifs is 1. The molecule has 0 aliphatic heterocycles. The fourth-order valence-corrected chi connectivity index (χ4v) is 1.31. The Kier molecular flexibility index (Phi) is 6.98. The normalized spacial score (nSPS) is 8.79. The van der Waals surface area contributed by atoms with Gasteiger partial charge in [-0.25, -0.2) is 0 Å². The van der Waals surface area contributed by atoms with Gasteiger partial charge < -0.3 is 0 Å². The smallest absolute Gasteiger partial charge is 0.165 e. The van der Waals surface area contributed by atoms with E-state index in [1.807, 2.05) is 0 Å². The SMILES string of the molecule is C[SiH2]C.Cc1cc2ccccc2[cH-]1.[Ti+4]. The first kappa shape index (κ1) is 13.8. The monoisotopic (exact) mass is 237 g/mol. The number of hydrogen-bond donors (Lipinski definition) is 0. The van der Waals surface area contributed by atoms with E-state index in [1.165, 1.54) is 16.3 Å². The Morgan fingerprint density at radius 3 is 2.29 bits per heavy atom. The van der Waals surface area contributed by atoms with Gasteiger partial charge in [-0.1, -0.05) is 26.1 Å². The summed E-state index contributed by atoms with van der Waals surface area (Å²) in [5, 5.41) is 2.69. The molecule has 0 radical (unpaired) electrons. The first-order chi connectivity index (χ1) is 6.27. The maximum atomic E-state index is 2.26. The van der Waals surface area contributed by atoms with Gasteiger partial charge in [0.15, 0.2) is 0 Å². The Morgan fingerprint density at radius 1 is 1.14 bits per heavy atom. The molecule has 2 rings (SSSR count). The van der Waals surface area contributed by atoms with E-state index in [4.69, 9.17) is 0 Å². The summed E-state index contributed by atoms with van der Waals surface area (Å²) in [6, 6.07) is 12.8. The zero-order valence-electron chi connectivity index (χ0n) is 9.17. The minimum absolute atomic E-state index is 0. The van der Waals surface area contributed by atoms with Crippen molar-refractivity contribution in [3.63, 3.8) is 0 Å². The molecule has 0 spiro atoms. The van der Waals surface area contributed by atoms with Crippen LogP contribution >= 0.6 is 0 Å². The largest absolute Gasteiger partial charge is 4.00 e. The number of benzene rings is 1. The zero-order valence-corrected chi connectivity index (χ0v) is 12.1. The van der Waals surface area contributed by atoms with Crippen molar-refractivity contribution in [1.82, 2.24) is 0 Å². The molecule has 0 bridgehead atoms. The Bertz CT molecular complexity index is 332. The van der Waals surface area contributed by atoms with Crippen molar-refractivity contribution in [2.24, 2.45) is 0 Å². The number of rotatable bonds is 0. The minimum atomic E-state index is 0. The van der Waals surface area contributed by atoms with E-state index in [1.54, 1.807) is 0 Å². The maximum absolute atomic E-state index is 2.26. The van der Waals surface area contributed by atoms with Crippen molar-refractivity contribution in [3.8, 4) is 0 Å². The van der Waals surface area contributed by atoms with Crippen LogP contribution in [0.2, 0.25) is 13.1 Å². The minimum Gasteiger partial charge on any atom is -0.165 e. The molecule has 0 N–H and O–H groups in total. The third kappa shape index (κ3) is 3.87. The van der Waals surface area contributed by atoms with Gasteiger partial charge in [-0.05, 0) is 0 Å². The van der Waals surface area contributed by atoms with Gasteiger partial charge in [-0.3, -0.25) is 0 Å². The molecule has 0 amide bonds. The summed E-state index contributed by atoms with van der Waals surface area (Å²) in [6.07, 6.45) is 0. The van der Waals surface area contributed by atoms with E-state index in [-0.39, 0.29) is 21.7 Å². The van der Waals surface area contributed by atoms with Gasteiger partial charge in [-0.15, -0.1) is 40.6 Å². The van der Waals surface area contributed by atoms with Crippen LogP contribution < -0.4 is 0 Å². The Morgan fingerprint density at radius 2 is 1.71 bits per heavy atom. The summed E-state index contributed by atoms with van der Waals surface area (Å²) in [6.45, 7) is 6.65. The molecule has 0 fully saturated rings. The standard InChI is InChI=1S/C10H9.C2H8Si.Ti/c1-8-6-9-4-2-3-5-10(9)7-8;1-3-2;/h2-7H,1H3;3H2,1-2H3;/q-1;;+4. The van der Waals surface area contributed by atoms with Crippen molar-refractivity contribution in [2.45, 2.75) is 20.0 Å². The van der Waals surface area contributed by atoms with Gasteiger partial charge in [-0.2, -0.15) is 6.07 Å². The van der Waals surface area contributed by atoms with Crippen LogP contribution in [-0.4, -0.2) is 9.52 Å². The van der Waals surface area contributed by atoms with Crippen LogP contribution in [0.25, 0.3) is 10.8 Å². The van der Waals surface area contributed by atoms with Crippen molar-refractivity contribution in [1.29, 1.82) is 0 Å². The van der Waals surface area contributed by atoms with Crippen molar-refractivity contribution in [3.05, 3.63) is 42.0 Å². The predicted molar refractivity (Wildman–Crippen MR) is 64.6 cm³/mol. The summed E-state index contributed by atoms with van der Waals surface area (Å²) in [5.41, 5.74) is 1.35. The third-order valence-electron chi connectivity index (χ3n) is 1.76. The first-order valence-electron chi connectivity index (χ1n) is 4.90. The van der Waals surface area contributed by atoms with Crippen molar-refractivity contribution < 1.29 is 21.7 Å². The fourth-order valence-electron chi connectivity index (χ4n) is 1.31. The molecule has 0 saturated carbocycles. The van der Waals surface area contributed by atoms with Crippen LogP contribution in [0.3, 0.4) is 0 Å². The van der Waals surface area contributed by atoms with Crippen LogP contribution in [0.15, 0.2) is 36.4 Å². The van der Waals surface area contributed by atoms with E-state index in [2.05, 4.69) is 56.4 Å². The fraction of sp³-hybridized carbons (Fsp3) is 0.250. The molecule has 0 aliphatic rings. The van der Waals surface area contributed by atoms with Crippen molar-refractivity contribution >= 4 is 20.3 Å². The van der Waals surface area contributed by atoms with Gasteiger partial charge in [0, 0.05) is 9.52 Å². The van der Waals surface area contributed by atoms with Crippen LogP contribution in [0.4, 0.5) is 0 Å². The second kappa shape index (κ2) is 7.11. The van der Waals surface area contributed by atoms with E-state index < -0.39 is 0 Å². The molecular formula is C12H17SiTi+3. The molecule has 2 heteroatoms. The number of aryl methyl sites for hydroxylation is 1. The topological polar surface area (TPSA) is 0 Å². The second-order valence-corrected chi connectivity index (χ2v) is 4.78. The molecule has 0 atom stereocenters. The van der Waals surface area contributed by atoms with E-state index >= 15 is 0 Å². The molecule has 0 aliphatic carbocycles. The third-order valence-corrected chi connectivity index (χ3v) is 1.76. The Labute approximate surface area is 104 Å². The predicted octanol–water partition coefficient (Wildman–Crippen LogP) is 3.12. The van der Waals surface area contributed by atoms with E-state index in [9.17, 15) is 0 Å². The Hall–Kier alpha value is -0.239. The van der Waals surface area contributed by atoms with Crippen LogP contribution in [0, 0.1) is 6.92 Å². The summed E-state index contributed by atoms with van der Waals surface area (Å²) in [4.78, 5) is 0. The second-order valence-electron chi connectivity index (χ2n) is 3.37. The van der Waals surface area contributed by atoms with Gasteiger partial charge in [0.05, 0.1) is 0 Å². The first-order valence-corrected chi connectivity index (χ1v) is 7.72. The molecule has 0 unspecified atom stereocenters. The number of hydrogen-bond acceptors (Lipinski definition) is 0. The van der Waals surface area contributed by atoms with Gasteiger partial charge in [0.2, 0.25) is 0 Å². The molecule has 2 aromatic rings. The molecule has 14 heavy (non-hydrogen) atoms. The average molecular weight is 237 g/mol. The average Bonchev–Trinajstić information content (AvgIpc) is 2.45.